The third kappa shape index (κ3) is 5.65. The topological polar surface area (TPSA) is 79.8 Å². The molecule has 8 heteroatoms. The second-order valence-corrected chi connectivity index (χ2v) is 9.58. The van der Waals surface area contributed by atoms with Gasteiger partial charge >= 0.3 is 6.03 Å². The molecule has 35 heavy (non-hydrogen) atoms. The Morgan fingerprint density at radius 2 is 1.54 bits per heavy atom. The molecule has 0 radical (unpaired) electrons. The van der Waals surface area contributed by atoms with E-state index in [0.717, 1.165) is 22.8 Å². The fraction of sp³-hybridized carbons (Fsp3) is 0.370. The average Bonchev–Trinajstić information content (AvgIpc) is 2.88. The van der Waals surface area contributed by atoms with Crippen LogP contribution in [0.15, 0.2) is 54.6 Å². The summed E-state index contributed by atoms with van der Waals surface area (Å²) < 4.78 is 10.7. The van der Waals surface area contributed by atoms with Gasteiger partial charge in [0.25, 0.3) is 0 Å². The third-order valence-electron chi connectivity index (χ3n) is 6.22. The van der Waals surface area contributed by atoms with Crippen LogP contribution in [-0.2, 0) is 5.41 Å². The zero-order valence-electron chi connectivity index (χ0n) is 21.0. The normalized spacial score (nSPS) is 14.0. The van der Waals surface area contributed by atoms with E-state index < -0.39 is 0 Å². The van der Waals surface area contributed by atoms with Crippen molar-refractivity contribution in [2.24, 2.45) is 0 Å². The Morgan fingerprint density at radius 1 is 0.857 bits per heavy atom. The van der Waals surface area contributed by atoms with Gasteiger partial charge in [-0.1, -0.05) is 32.9 Å². The molecule has 1 aliphatic heterocycles. The predicted octanol–water partition coefficient (Wildman–Crippen LogP) is 4.81. The monoisotopic (exact) mass is 475 g/mol. The molecule has 1 aliphatic rings. The smallest absolute Gasteiger partial charge is 0.321 e. The number of aromatic nitrogens is 2. The molecule has 1 aromatic heterocycles. The van der Waals surface area contributed by atoms with Crippen LogP contribution in [0, 0.1) is 0 Å². The second-order valence-electron chi connectivity index (χ2n) is 9.58. The van der Waals surface area contributed by atoms with Gasteiger partial charge in [-0.2, -0.15) is 0 Å². The number of benzene rings is 2. The number of methoxy groups -OCH3 is 2. The summed E-state index contributed by atoms with van der Waals surface area (Å²) in [6, 6.07) is 17.6. The fourth-order valence-electron chi connectivity index (χ4n) is 4.04. The molecule has 184 valence electrons. The number of carbonyl (C=O) groups excluding carboxylic acids is 1. The van der Waals surface area contributed by atoms with Crippen molar-refractivity contribution in [2.75, 3.05) is 50.6 Å². The first-order valence-corrected chi connectivity index (χ1v) is 11.8. The maximum atomic E-state index is 12.7. The van der Waals surface area contributed by atoms with Gasteiger partial charge in [-0.25, -0.2) is 4.79 Å². The average molecular weight is 476 g/mol. The zero-order valence-corrected chi connectivity index (χ0v) is 21.0. The minimum absolute atomic E-state index is 0.0805. The van der Waals surface area contributed by atoms with Crippen molar-refractivity contribution < 1.29 is 14.3 Å². The first-order chi connectivity index (χ1) is 16.8. The van der Waals surface area contributed by atoms with E-state index in [0.29, 0.717) is 37.7 Å². The molecule has 0 bridgehead atoms. The van der Waals surface area contributed by atoms with Gasteiger partial charge in [0.05, 0.1) is 19.9 Å². The van der Waals surface area contributed by atoms with E-state index in [-0.39, 0.29) is 11.4 Å². The minimum atomic E-state index is -0.0805. The standard InChI is InChI=1S/C27H33N5O3/c1-27(2,3)20-7-9-21(10-8-20)28-26(33)32-16-14-31(15-17-32)25-13-11-22(29-30-25)19-6-12-23(34-4)24(18-19)35-5/h6-13,18H,14-17H2,1-5H3,(H,28,33). The lowest BCUT2D eigenvalue weighted by Crippen LogP contribution is -2.50. The summed E-state index contributed by atoms with van der Waals surface area (Å²) >= 11 is 0. The maximum absolute atomic E-state index is 12.7. The number of amides is 2. The Labute approximate surface area is 206 Å². The highest BCUT2D eigenvalue weighted by atomic mass is 16.5. The number of nitrogens with zero attached hydrogens (tertiary/aromatic N) is 4. The van der Waals surface area contributed by atoms with E-state index in [2.05, 4.69) is 53.3 Å². The summed E-state index contributed by atoms with van der Waals surface area (Å²) in [6.07, 6.45) is 0. The lowest BCUT2D eigenvalue weighted by Gasteiger charge is -2.35. The molecule has 0 atom stereocenters. The Hall–Kier alpha value is -3.81. The van der Waals surface area contributed by atoms with E-state index in [1.165, 1.54) is 5.56 Å². The highest BCUT2D eigenvalue weighted by Crippen LogP contribution is 2.31. The van der Waals surface area contributed by atoms with Crippen LogP contribution in [0.4, 0.5) is 16.3 Å². The van der Waals surface area contributed by atoms with Crippen molar-refractivity contribution in [1.29, 1.82) is 0 Å². The van der Waals surface area contributed by atoms with Gasteiger partial charge in [-0.15, -0.1) is 10.2 Å². The minimum Gasteiger partial charge on any atom is -0.493 e. The number of urea groups is 1. The number of anilines is 2. The molecular formula is C27H33N5O3. The van der Waals surface area contributed by atoms with Crippen molar-refractivity contribution in [3.8, 4) is 22.8 Å². The molecule has 0 unspecified atom stereocenters. The number of piperazine rings is 1. The lowest BCUT2D eigenvalue weighted by atomic mass is 9.87. The van der Waals surface area contributed by atoms with Gasteiger partial charge in [0.2, 0.25) is 0 Å². The summed E-state index contributed by atoms with van der Waals surface area (Å²) in [7, 11) is 3.22. The largest absolute Gasteiger partial charge is 0.493 e. The Kier molecular flexibility index (Phi) is 7.10. The highest BCUT2D eigenvalue weighted by Gasteiger charge is 2.22. The summed E-state index contributed by atoms with van der Waals surface area (Å²) in [5.41, 5.74) is 3.79. The number of hydrogen-bond acceptors (Lipinski definition) is 6. The number of nitrogens with one attached hydrogen (secondary N) is 1. The highest BCUT2D eigenvalue weighted by molar-refractivity contribution is 5.89. The van der Waals surface area contributed by atoms with Crippen molar-refractivity contribution in [3.63, 3.8) is 0 Å². The van der Waals surface area contributed by atoms with Crippen molar-refractivity contribution >= 4 is 17.5 Å². The molecule has 2 amide bonds. The van der Waals surface area contributed by atoms with Crippen LogP contribution >= 0.6 is 0 Å². The van der Waals surface area contributed by atoms with Gasteiger partial charge in [0.15, 0.2) is 17.3 Å². The maximum Gasteiger partial charge on any atom is 0.321 e. The first kappa shape index (κ1) is 24.3. The number of ether oxygens (including phenoxy) is 2. The molecule has 2 aromatic carbocycles. The van der Waals surface area contributed by atoms with E-state index in [1.54, 1.807) is 14.2 Å². The lowest BCUT2D eigenvalue weighted by molar-refractivity contribution is 0.208. The Bertz CT molecular complexity index is 1150. The van der Waals surface area contributed by atoms with E-state index in [9.17, 15) is 4.79 Å². The molecule has 1 fully saturated rings. The molecule has 0 saturated carbocycles. The molecule has 4 rings (SSSR count). The quantitative estimate of drug-likeness (QED) is 0.570. The van der Waals surface area contributed by atoms with Crippen molar-refractivity contribution in [2.45, 2.75) is 26.2 Å². The summed E-state index contributed by atoms with van der Waals surface area (Å²) in [5, 5.41) is 11.8. The van der Waals surface area contributed by atoms with Gasteiger partial charge in [0, 0.05) is 37.4 Å². The van der Waals surface area contributed by atoms with Crippen LogP contribution in [0.5, 0.6) is 11.5 Å². The SMILES string of the molecule is COc1ccc(-c2ccc(N3CCN(C(=O)Nc4ccc(C(C)(C)C)cc4)CC3)nn2)cc1OC. The zero-order chi connectivity index (χ0) is 25.0. The van der Waals surface area contributed by atoms with Crippen LogP contribution in [0.1, 0.15) is 26.3 Å². The second kappa shape index (κ2) is 10.2. The third-order valence-corrected chi connectivity index (χ3v) is 6.22. The van der Waals surface area contributed by atoms with E-state index >= 15 is 0 Å². The fourth-order valence-corrected chi connectivity index (χ4v) is 4.04. The van der Waals surface area contributed by atoms with Crippen LogP contribution in [-0.4, -0.2) is 61.5 Å². The summed E-state index contributed by atoms with van der Waals surface area (Å²) in [6.45, 7) is 9.15. The predicted molar refractivity (Wildman–Crippen MR) is 139 cm³/mol. The molecule has 3 aromatic rings. The Balaban J connectivity index is 1.33. The van der Waals surface area contributed by atoms with E-state index in [1.807, 2.05) is 47.4 Å². The summed E-state index contributed by atoms with van der Waals surface area (Å²) in [5.74, 6) is 2.12. The van der Waals surface area contributed by atoms with Crippen LogP contribution in [0.25, 0.3) is 11.3 Å². The van der Waals surface area contributed by atoms with Gasteiger partial charge < -0.3 is 24.6 Å². The van der Waals surface area contributed by atoms with Crippen molar-refractivity contribution in [3.05, 3.63) is 60.2 Å². The molecular weight excluding hydrogens is 442 g/mol. The number of rotatable bonds is 5. The number of hydrogen-bond donors (Lipinski definition) is 1. The first-order valence-electron chi connectivity index (χ1n) is 11.8. The van der Waals surface area contributed by atoms with Gasteiger partial charge in [-0.05, 0) is 53.4 Å². The van der Waals surface area contributed by atoms with Crippen molar-refractivity contribution in [1.82, 2.24) is 15.1 Å². The Morgan fingerprint density at radius 3 is 2.11 bits per heavy atom. The molecule has 0 aliphatic carbocycles. The molecule has 1 saturated heterocycles. The molecule has 2 heterocycles. The molecule has 0 spiro atoms. The molecule has 8 nitrogen and oxygen atoms in total. The van der Waals surface area contributed by atoms with Crippen LogP contribution in [0.3, 0.4) is 0 Å². The number of carbonyl (C=O) groups is 1. The summed E-state index contributed by atoms with van der Waals surface area (Å²) in [4.78, 5) is 16.7. The van der Waals surface area contributed by atoms with E-state index in [4.69, 9.17) is 9.47 Å². The van der Waals surface area contributed by atoms with Gasteiger partial charge in [-0.3, -0.25) is 0 Å². The van der Waals surface area contributed by atoms with Gasteiger partial charge in [0.1, 0.15) is 0 Å². The van der Waals surface area contributed by atoms with Crippen LogP contribution < -0.4 is 19.7 Å². The molecule has 1 N–H and O–H groups in total. The van der Waals surface area contributed by atoms with Crippen LogP contribution in [0.2, 0.25) is 0 Å².